The maximum Gasteiger partial charge on any atom is 0.372 e. The van der Waals surface area contributed by atoms with Crippen LogP contribution in [-0.4, -0.2) is 31.0 Å². The predicted molar refractivity (Wildman–Crippen MR) is 33.5 cm³/mol. The van der Waals surface area contributed by atoms with Gasteiger partial charge >= 0.3 is 5.97 Å². The highest BCUT2D eigenvalue weighted by Gasteiger charge is 2.18. The third-order valence-electron chi connectivity index (χ3n) is 1.28. The number of hydrogen-bond acceptors (Lipinski definition) is 2. The van der Waals surface area contributed by atoms with Crippen molar-refractivity contribution in [1.82, 2.24) is 4.90 Å². The second kappa shape index (κ2) is 3.45. The van der Waals surface area contributed by atoms with Gasteiger partial charge in [0.25, 0.3) is 0 Å². The van der Waals surface area contributed by atoms with Gasteiger partial charge < -0.3 is 0 Å². The van der Waals surface area contributed by atoms with E-state index in [9.17, 15) is 9.90 Å². The van der Waals surface area contributed by atoms with Crippen LogP contribution in [0.3, 0.4) is 0 Å². The van der Waals surface area contributed by atoms with Crippen LogP contribution >= 0.6 is 0 Å². The monoisotopic (exact) mass is 130 g/mol. The van der Waals surface area contributed by atoms with Crippen molar-refractivity contribution in [2.45, 2.75) is 19.4 Å². The smallest absolute Gasteiger partial charge is 0.297 e. The van der Waals surface area contributed by atoms with Crippen LogP contribution in [0.5, 0.6) is 0 Å². The molecule has 0 aromatic heterocycles. The van der Waals surface area contributed by atoms with Gasteiger partial charge in [-0.25, -0.2) is 9.90 Å². The Morgan fingerprint density at radius 2 is 2.00 bits per heavy atom. The van der Waals surface area contributed by atoms with Crippen LogP contribution in [0.2, 0.25) is 0 Å². The van der Waals surface area contributed by atoms with Gasteiger partial charge in [0, 0.05) is 0 Å². The van der Waals surface area contributed by atoms with Crippen molar-refractivity contribution in [3.05, 3.63) is 0 Å². The minimum Gasteiger partial charge on any atom is -0.297 e. The van der Waals surface area contributed by atoms with Crippen LogP contribution in [-0.2, 0) is 9.90 Å². The highest BCUT2D eigenvalue weighted by atomic mass is 16.4. The number of likely N-dealkylation sites (N-methyl/N-ethyl adjacent to an activating group) is 1. The number of hydrogen-bond donors (Lipinski definition) is 0. The SMILES string of the molecule is CCC(C([O])=O)N(C)C. The average molecular weight is 130 g/mol. The molecule has 0 saturated carbocycles. The largest absolute Gasteiger partial charge is 0.372 e. The first kappa shape index (κ1) is 8.43. The third kappa shape index (κ3) is 2.46. The van der Waals surface area contributed by atoms with E-state index >= 15 is 0 Å². The zero-order chi connectivity index (χ0) is 7.44. The van der Waals surface area contributed by atoms with Gasteiger partial charge in [-0.05, 0) is 20.5 Å². The quantitative estimate of drug-likeness (QED) is 0.550. The summed E-state index contributed by atoms with van der Waals surface area (Å²) >= 11 is 0. The first-order valence-electron chi connectivity index (χ1n) is 2.96. The molecule has 0 heterocycles. The summed E-state index contributed by atoms with van der Waals surface area (Å²) in [7, 11) is 3.45. The van der Waals surface area contributed by atoms with Gasteiger partial charge in [-0.1, -0.05) is 6.92 Å². The van der Waals surface area contributed by atoms with Crippen molar-refractivity contribution in [1.29, 1.82) is 0 Å². The Morgan fingerprint density at radius 3 is 2.00 bits per heavy atom. The van der Waals surface area contributed by atoms with E-state index in [0.29, 0.717) is 6.42 Å². The molecule has 1 atom stereocenters. The second-order valence-electron chi connectivity index (χ2n) is 2.21. The Bertz CT molecular complexity index is 101. The van der Waals surface area contributed by atoms with Crippen LogP contribution in [0, 0.1) is 0 Å². The number of rotatable bonds is 3. The molecule has 0 saturated heterocycles. The molecule has 0 spiro atoms. The molecule has 3 heteroatoms. The van der Waals surface area contributed by atoms with Crippen molar-refractivity contribution < 1.29 is 9.90 Å². The normalized spacial score (nSPS) is 13.8. The zero-order valence-corrected chi connectivity index (χ0v) is 6.05. The summed E-state index contributed by atoms with van der Waals surface area (Å²) in [5.41, 5.74) is 0. The third-order valence-corrected chi connectivity index (χ3v) is 1.28. The Morgan fingerprint density at radius 1 is 1.56 bits per heavy atom. The molecular formula is C6H12NO2. The fourth-order valence-corrected chi connectivity index (χ4v) is 0.743. The van der Waals surface area contributed by atoms with Gasteiger partial charge in [0.05, 0.1) is 0 Å². The molecule has 0 bridgehead atoms. The highest BCUT2D eigenvalue weighted by Crippen LogP contribution is 1.97. The number of carbonyl (C=O) groups excluding carboxylic acids is 1. The van der Waals surface area contributed by atoms with Crippen LogP contribution < -0.4 is 0 Å². The number of carbonyl (C=O) groups is 1. The maximum absolute atomic E-state index is 10.2. The summed E-state index contributed by atoms with van der Waals surface area (Å²) in [6.45, 7) is 1.82. The lowest BCUT2D eigenvalue weighted by Gasteiger charge is -2.15. The standard InChI is InChI=1S/C6H12NO2/c1-4-5(6(8)9)7(2)3/h5H,4H2,1-3H3. The molecule has 1 unspecified atom stereocenters. The molecule has 0 rings (SSSR count). The molecule has 0 amide bonds. The van der Waals surface area contributed by atoms with Crippen molar-refractivity contribution >= 4 is 5.97 Å². The average Bonchev–Trinajstić information content (AvgIpc) is 1.64. The molecule has 0 fully saturated rings. The fourth-order valence-electron chi connectivity index (χ4n) is 0.743. The van der Waals surface area contributed by atoms with E-state index in [-0.39, 0.29) is 0 Å². The Balaban J connectivity index is 3.83. The fraction of sp³-hybridized carbons (Fsp3) is 0.833. The van der Waals surface area contributed by atoms with E-state index in [0.717, 1.165) is 0 Å². The summed E-state index contributed by atoms with van der Waals surface area (Å²) in [5.74, 6) is -0.998. The molecule has 1 radical (unpaired) electrons. The Kier molecular flexibility index (Phi) is 3.24. The van der Waals surface area contributed by atoms with Crippen LogP contribution in [0.15, 0.2) is 0 Å². The zero-order valence-electron chi connectivity index (χ0n) is 6.05. The summed E-state index contributed by atoms with van der Waals surface area (Å²) < 4.78 is 0. The van der Waals surface area contributed by atoms with Gasteiger partial charge in [0.2, 0.25) is 0 Å². The van der Waals surface area contributed by atoms with Gasteiger partial charge in [-0.15, -0.1) is 0 Å². The Hall–Kier alpha value is -0.570. The molecule has 3 nitrogen and oxygen atoms in total. The highest BCUT2D eigenvalue weighted by molar-refractivity contribution is 5.72. The van der Waals surface area contributed by atoms with Gasteiger partial charge in [-0.3, -0.25) is 4.90 Å². The first-order chi connectivity index (χ1) is 4.09. The molecule has 0 aliphatic heterocycles. The first-order valence-corrected chi connectivity index (χ1v) is 2.96. The summed E-state index contributed by atoms with van der Waals surface area (Å²) in [6, 6.07) is -0.440. The van der Waals surface area contributed by atoms with E-state index in [1.807, 2.05) is 6.92 Å². The predicted octanol–water partition coefficient (Wildman–Crippen LogP) is 0.284. The second-order valence-corrected chi connectivity index (χ2v) is 2.21. The van der Waals surface area contributed by atoms with Crippen LogP contribution in [0.25, 0.3) is 0 Å². The van der Waals surface area contributed by atoms with Crippen molar-refractivity contribution in [3.8, 4) is 0 Å². The summed E-state index contributed by atoms with van der Waals surface area (Å²) in [6.07, 6.45) is 0.593. The molecule has 0 aromatic rings. The number of nitrogens with zero attached hydrogens (tertiary/aromatic N) is 1. The molecule has 9 heavy (non-hydrogen) atoms. The molecule has 0 N–H and O–H groups in total. The van der Waals surface area contributed by atoms with E-state index in [4.69, 9.17) is 0 Å². The molecular weight excluding hydrogens is 118 g/mol. The van der Waals surface area contributed by atoms with Crippen molar-refractivity contribution in [2.75, 3.05) is 14.1 Å². The summed E-state index contributed by atoms with van der Waals surface area (Å²) in [4.78, 5) is 11.9. The van der Waals surface area contributed by atoms with Crippen molar-refractivity contribution in [2.24, 2.45) is 0 Å². The van der Waals surface area contributed by atoms with Crippen LogP contribution in [0.1, 0.15) is 13.3 Å². The lowest BCUT2D eigenvalue weighted by atomic mass is 10.2. The van der Waals surface area contributed by atoms with Gasteiger partial charge in [0.1, 0.15) is 6.04 Å². The van der Waals surface area contributed by atoms with E-state index in [1.165, 1.54) is 0 Å². The molecule has 0 aliphatic rings. The van der Waals surface area contributed by atoms with E-state index in [1.54, 1.807) is 19.0 Å². The Labute approximate surface area is 55.3 Å². The summed E-state index contributed by atoms with van der Waals surface area (Å²) in [5, 5.41) is 10.2. The lowest BCUT2D eigenvalue weighted by Crippen LogP contribution is -2.34. The molecule has 53 valence electrons. The molecule has 0 aromatic carbocycles. The van der Waals surface area contributed by atoms with Crippen LogP contribution in [0.4, 0.5) is 0 Å². The van der Waals surface area contributed by atoms with Gasteiger partial charge in [0.15, 0.2) is 0 Å². The van der Waals surface area contributed by atoms with Crippen molar-refractivity contribution in [3.63, 3.8) is 0 Å². The minimum atomic E-state index is -0.998. The topological polar surface area (TPSA) is 40.2 Å². The minimum absolute atomic E-state index is 0.440. The maximum atomic E-state index is 10.2. The van der Waals surface area contributed by atoms with E-state index in [2.05, 4.69) is 0 Å². The lowest BCUT2D eigenvalue weighted by molar-refractivity contribution is -0.148. The van der Waals surface area contributed by atoms with Gasteiger partial charge in [-0.2, -0.15) is 0 Å². The van der Waals surface area contributed by atoms with E-state index < -0.39 is 12.0 Å². The molecule has 0 aliphatic carbocycles.